The minimum atomic E-state index is -1.39. The Kier molecular flexibility index (Phi) is 6.53. The molecule has 7 nitrogen and oxygen atoms in total. The summed E-state index contributed by atoms with van der Waals surface area (Å²) in [5, 5.41) is 18.4. The maximum atomic E-state index is 12.0. The molecule has 0 bridgehead atoms. The van der Waals surface area contributed by atoms with E-state index in [2.05, 4.69) is 23.7 Å². The van der Waals surface area contributed by atoms with Crippen molar-refractivity contribution in [1.82, 2.24) is 0 Å². The summed E-state index contributed by atoms with van der Waals surface area (Å²) < 4.78 is 4.89. The number of ketones is 1. The minimum Gasteiger partial charge on any atom is -0.478 e. The Morgan fingerprint density at radius 2 is 1.29 bits per heavy atom. The van der Waals surface area contributed by atoms with E-state index in [4.69, 9.17) is 26.6 Å². The van der Waals surface area contributed by atoms with Gasteiger partial charge in [-0.2, -0.15) is 0 Å². The lowest BCUT2D eigenvalue weighted by Gasteiger charge is -2.01. The second-order valence-electron chi connectivity index (χ2n) is 5.08. The zero-order chi connectivity index (χ0) is 20.7. The highest BCUT2D eigenvalue weighted by Crippen LogP contribution is 2.15. The van der Waals surface area contributed by atoms with E-state index in [1.807, 2.05) is 0 Å². The first-order valence-corrected chi connectivity index (χ1v) is 7.79. The molecule has 0 aliphatic rings. The topological polar surface area (TPSA) is 118 Å². The molecule has 138 valence electrons. The largest absolute Gasteiger partial charge is 0.478 e. The number of aromatic carboxylic acids is 2. The molecule has 2 aromatic rings. The van der Waals surface area contributed by atoms with Crippen LogP contribution < -0.4 is 4.74 Å². The number of benzene rings is 2. The van der Waals surface area contributed by atoms with Crippen molar-refractivity contribution in [2.45, 2.75) is 0 Å². The normalized spacial score (nSPS) is 9.18. The van der Waals surface area contributed by atoms with Crippen LogP contribution in [0.3, 0.4) is 0 Å². The number of carboxylic acid groups (broad SMARTS) is 2. The Labute approximate surface area is 163 Å². The van der Waals surface area contributed by atoms with Gasteiger partial charge in [-0.15, -0.1) is 0 Å². The van der Waals surface area contributed by atoms with Crippen molar-refractivity contribution in [3.05, 3.63) is 64.2 Å². The maximum absolute atomic E-state index is 12.0. The highest BCUT2D eigenvalue weighted by molar-refractivity contribution is 6.30. The summed E-state index contributed by atoms with van der Waals surface area (Å²) in [6.45, 7) is 0. The molecule has 2 N–H and O–H groups in total. The Morgan fingerprint density at radius 3 is 1.82 bits per heavy atom. The van der Waals surface area contributed by atoms with E-state index >= 15 is 0 Å². The monoisotopic (exact) mass is 396 g/mol. The van der Waals surface area contributed by atoms with Gasteiger partial charge in [0.1, 0.15) is 5.75 Å². The van der Waals surface area contributed by atoms with E-state index < -0.39 is 23.7 Å². The van der Waals surface area contributed by atoms with Gasteiger partial charge in [0.2, 0.25) is 5.78 Å². The predicted octanol–water partition coefficient (Wildman–Crippen LogP) is 2.53. The molecule has 0 aliphatic carbocycles. The van der Waals surface area contributed by atoms with Gasteiger partial charge in [-0.3, -0.25) is 4.79 Å². The summed E-state index contributed by atoms with van der Waals surface area (Å²) in [5.74, 6) is 4.06. The molecule has 0 radical (unpaired) electrons. The third-order valence-corrected chi connectivity index (χ3v) is 3.37. The van der Waals surface area contributed by atoms with Crippen molar-refractivity contribution in [2.75, 3.05) is 0 Å². The second-order valence-corrected chi connectivity index (χ2v) is 5.52. The summed E-state index contributed by atoms with van der Waals surface area (Å²) in [4.78, 5) is 45.6. The molecule has 2 rings (SSSR count). The number of esters is 1. The number of halogens is 1. The molecular weight excluding hydrogens is 388 g/mol. The third-order valence-electron chi connectivity index (χ3n) is 3.12. The maximum Gasteiger partial charge on any atom is 0.390 e. The number of Topliss-reactive ketones (excluding diaryl/α,β-unsaturated/α-hetero) is 1. The zero-order valence-corrected chi connectivity index (χ0v) is 14.6. The molecule has 8 heteroatoms. The molecule has 0 saturated heterocycles. The molecule has 0 saturated carbocycles. The van der Waals surface area contributed by atoms with Crippen LogP contribution in [-0.4, -0.2) is 33.9 Å². The average Bonchev–Trinajstić information content (AvgIpc) is 2.66. The first-order chi connectivity index (χ1) is 13.3. The van der Waals surface area contributed by atoms with Crippen LogP contribution in [0, 0.1) is 23.7 Å². The van der Waals surface area contributed by atoms with Gasteiger partial charge in [0.25, 0.3) is 0 Å². The summed E-state index contributed by atoms with van der Waals surface area (Å²) in [6.07, 6.45) is 0. The molecule has 0 aromatic heterocycles. The van der Waals surface area contributed by atoms with Crippen molar-refractivity contribution in [1.29, 1.82) is 0 Å². The quantitative estimate of drug-likeness (QED) is 0.203. The number of carboxylic acids is 2. The molecule has 2 aromatic carbocycles. The highest BCUT2D eigenvalue weighted by atomic mass is 35.5. The Morgan fingerprint density at radius 1 is 0.786 bits per heavy atom. The van der Waals surface area contributed by atoms with Crippen LogP contribution in [0.25, 0.3) is 0 Å². The van der Waals surface area contributed by atoms with Gasteiger partial charge in [-0.1, -0.05) is 11.6 Å². The first-order valence-electron chi connectivity index (χ1n) is 7.41. The van der Waals surface area contributed by atoms with Crippen molar-refractivity contribution in [3.8, 4) is 29.4 Å². The van der Waals surface area contributed by atoms with Crippen LogP contribution >= 0.6 is 11.6 Å². The van der Waals surface area contributed by atoms with Crippen molar-refractivity contribution in [3.63, 3.8) is 0 Å². The molecule has 28 heavy (non-hydrogen) atoms. The lowest BCUT2D eigenvalue weighted by atomic mass is 10.0. The molecule has 0 unspecified atom stereocenters. The standard InChI is InChI=1S/C20H9ClO7/c21-15-5-7-16(8-6-15)28-18(23)4-2-1-3-17(22)12-9-13(19(24)25)11-14(10-12)20(26)27/h5-11H,(H,24,25)(H,26,27). The van der Waals surface area contributed by atoms with E-state index in [0.29, 0.717) is 5.02 Å². The van der Waals surface area contributed by atoms with Gasteiger partial charge in [0.05, 0.1) is 11.1 Å². The molecule has 0 amide bonds. The molecule has 0 spiro atoms. The van der Waals surface area contributed by atoms with E-state index in [1.54, 1.807) is 0 Å². The Balaban J connectivity index is 2.12. The highest BCUT2D eigenvalue weighted by Gasteiger charge is 2.14. The fraction of sp³-hybridized carbons (Fsp3) is 0. The Bertz CT molecular complexity index is 1060. The van der Waals surface area contributed by atoms with E-state index in [0.717, 1.165) is 18.2 Å². The predicted molar refractivity (Wildman–Crippen MR) is 97.3 cm³/mol. The van der Waals surface area contributed by atoms with Crippen LogP contribution in [0.1, 0.15) is 31.1 Å². The number of ether oxygens (including phenoxy) is 1. The zero-order valence-electron chi connectivity index (χ0n) is 13.9. The smallest absolute Gasteiger partial charge is 0.390 e. The average molecular weight is 397 g/mol. The van der Waals surface area contributed by atoms with Gasteiger partial charge in [-0.05, 0) is 60.2 Å². The fourth-order valence-electron chi connectivity index (χ4n) is 1.88. The first kappa shape index (κ1) is 20.2. The van der Waals surface area contributed by atoms with Crippen LogP contribution in [0.15, 0.2) is 42.5 Å². The molecule has 0 aliphatic heterocycles. The SMILES string of the molecule is O=C(C#CC#CC(=O)c1cc(C(=O)O)cc(C(=O)O)c1)Oc1ccc(Cl)cc1. The molecule has 0 fully saturated rings. The van der Waals surface area contributed by atoms with Gasteiger partial charge >= 0.3 is 17.9 Å². The van der Waals surface area contributed by atoms with Gasteiger partial charge in [0, 0.05) is 16.5 Å². The fourth-order valence-corrected chi connectivity index (χ4v) is 2.01. The van der Waals surface area contributed by atoms with Crippen LogP contribution in [0.5, 0.6) is 5.75 Å². The van der Waals surface area contributed by atoms with Crippen molar-refractivity contribution in [2.24, 2.45) is 0 Å². The third kappa shape index (κ3) is 5.73. The van der Waals surface area contributed by atoms with Crippen LogP contribution in [0.4, 0.5) is 0 Å². The second kappa shape index (κ2) is 9.04. The van der Waals surface area contributed by atoms with Gasteiger partial charge < -0.3 is 14.9 Å². The van der Waals surface area contributed by atoms with Crippen molar-refractivity contribution < 1.29 is 34.1 Å². The molecular formula is C20H9ClO7. The van der Waals surface area contributed by atoms with E-state index in [-0.39, 0.29) is 22.4 Å². The van der Waals surface area contributed by atoms with Crippen LogP contribution in [-0.2, 0) is 4.79 Å². The summed E-state index contributed by atoms with van der Waals surface area (Å²) in [7, 11) is 0. The lowest BCUT2D eigenvalue weighted by Crippen LogP contribution is -2.06. The van der Waals surface area contributed by atoms with Crippen LogP contribution in [0.2, 0.25) is 5.02 Å². The number of hydrogen-bond acceptors (Lipinski definition) is 5. The van der Waals surface area contributed by atoms with Gasteiger partial charge in [0.15, 0.2) is 0 Å². The van der Waals surface area contributed by atoms with E-state index in [9.17, 15) is 19.2 Å². The number of rotatable bonds is 4. The minimum absolute atomic E-state index is 0.222. The number of carbonyl (C=O) groups is 4. The number of carbonyl (C=O) groups excluding carboxylic acids is 2. The lowest BCUT2D eigenvalue weighted by molar-refractivity contribution is -0.128. The molecule has 0 atom stereocenters. The molecule has 0 heterocycles. The Hall–Kier alpha value is -4.07. The summed E-state index contributed by atoms with van der Waals surface area (Å²) in [5.41, 5.74) is -0.972. The number of hydrogen-bond donors (Lipinski definition) is 2. The van der Waals surface area contributed by atoms with Gasteiger partial charge in [-0.25, -0.2) is 14.4 Å². The summed E-state index contributed by atoms with van der Waals surface area (Å²) in [6, 6.07) is 8.88. The van der Waals surface area contributed by atoms with E-state index in [1.165, 1.54) is 24.3 Å². The van der Waals surface area contributed by atoms with Crippen molar-refractivity contribution >= 4 is 35.3 Å². The summed E-state index contributed by atoms with van der Waals surface area (Å²) >= 11 is 5.70.